The van der Waals surface area contributed by atoms with Gasteiger partial charge in [-0.15, -0.1) is 11.3 Å². The van der Waals surface area contributed by atoms with E-state index >= 15 is 0 Å². The monoisotopic (exact) mass is 415 g/mol. The number of carboxylic acid groups (broad SMARTS) is 1. The van der Waals surface area contributed by atoms with Crippen LogP contribution in [0.4, 0.5) is 18.3 Å². The lowest BCUT2D eigenvalue weighted by atomic mass is 10.1. The molecule has 0 aliphatic carbocycles. The van der Waals surface area contributed by atoms with Crippen molar-refractivity contribution in [2.24, 2.45) is 5.92 Å². The molecule has 2 aromatic rings. The quantitative estimate of drug-likeness (QED) is 0.698. The van der Waals surface area contributed by atoms with E-state index in [-0.39, 0.29) is 11.8 Å². The van der Waals surface area contributed by atoms with Crippen LogP contribution in [0.1, 0.15) is 16.9 Å². The zero-order valence-electron chi connectivity index (χ0n) is 14.8. The summed E-state index contributed by atoms with van der Waals surface area (Å²) in [6.45, 7) is 1.70. The second-order valence-electron chi connectivity index (χ2n) is 6.10. The van der Waals surface area contributed by atoms with Crippen molar-refractivity contribution in [3.8, 4) is 0 Å². The lowest BCUT2D eigenvalue weighted by Gasteiger charge is -2.06. The van der Waals surface area contributed by atoms with E-state index in [0.717, 1.165) is 37.5 Å². The molecule has 6 nitrogen and oxygen atoms in total. The molecular formula is C18H20F3N3O3S. The number of carboxylic acids is 1. The van der Waals surface area contributed by atoms with E-state index < -0.39 is 12.1 Å². The van der Waals surface area contributed by atoms with E-state index in [1.165, 1.54) is 10.4 Å². The molecular weight excluding hydrogens is 395 g/mol. The highest BCUT2D eigenvalue weighted by molar-refractivity contribution is 7.15. The summed E-state index contributed by atoms with van der Waals surface area (Å²) in [5.74, 6) is -2.59. The Morgan fingerprint density at radius 1 is 1.25 bits per heavy atom. The number of amides is 1. The Bertz CT molecular complexity index is 775. The third-order valence-corrected chi connectivity index (χ3v) is 4.93. The van der Waals surface area contributed by atoms with Crippen molar-refractivity contribution >= 4 is 28.3 Å². The van der Waals surface area contributed by atoms with Crippen LogP contribution in [0.15, 0.2) is 36.5 Å². The molecule has 1 atom stereocenters. The fourth-order valence-corrected chi connectivity index (χ4v) is 3.29. The lowest BCUT2D eigenvalue weighted by molar-refractivity contribution is -0.192. The van der Waals surface area contributed by atoms with E-state index in [2.05, 4.69) is 39.9 Å². The predicted molar refractivity (Wildman–Crippen MR) is 99.3 cm³/mol. The van der Waals surface area contributed by atoms with Crippen LogP contribution in [0, 0.1) is 5.92 Å². The largest absolute Gasteiger partial charge is 0.490 e. The van der Waals surface area contributed by atoms with E-state index in [0.29, 0.717) is 0 Å². The Kier molecular flexibility index (Phi) is 7.94. The normalized spacial score (nSPS) is 16.2. The number of nitrogens with zero attached hydrogens (tertiary/aromatic N) is 1. The van der Waals surface area contributed by atoms with Crippen LogP contribution in [0.25, 0.3) is 0 Å². The average molecular weight is 415 g/mol. The van der Waals surface area contributed by atoms with Gasteiger partial charge < -0.3 is 15.7 Å². The fourth-order valence-electron chi connectivity index (χ4n) is 2.48. The molecule has 1 unspecified atom stereocenters. The van der Waals surface area contributed by atoms with Crippen molar-refractivity contribution in [1.82, 2.24) is 10.3 Å². The van der Waals surface area contributed by atoms with Crippen LogP contribution in [-0.4, -0.2) is 41.2 Å². The number of aromatic nitrogens is 1. The van der Waals surface area contributed by atoms with Gasteiger partial charge in [-0.25, -0.2) is 9.78 Å². The number of alkyl halides is 3. The third kappa shape index (κ3) is 7.28. The van der Waals surface area contributed by atoms with Gasteiger partial charge in [-0.05, 0) is 31.4 Å². The Balaban J connectivity index is 0.000000345. The van der Waals surface area contributed by atoms with Gasteiger partial charge >= 0.3 is 12.1 Å². The van der Waals surface area contributed by atoms with Crippen molar-refractivity contribution in [3.05, 3.63) is 47.0 Å². The van der Waals surface area contributed by atoms with Gasteiger partial charge in [0.15, 0.2) is 5.13 Å². The predicted octanol–water partition coefficient (Wildman–Crippen LogP) is 3.11. The number of nitrogens with one attached hydrogen (secondary N) is 2. The SMILES string of the molecule is O=C(Nc1ncc(CCc2ccccc2)s1)C1CCNC1.O=C(O)C(F)(F)F. The van der Waals surface area contributed by atoms with Crippen molar-refractivity contribution in [3.63, 3.8) is 0 Å². The molecule has 0 saturated carbocycles. The molecule has 1 fully saturated rings. The number of hydrogen-bond acceptors (Lipinski definition) is 5. The fraction of sp³-hybridized carbons (Fsp3) is 0.389. The summed E-state index contributed by atoms with van der Waals surface area (Å²) in [5, 5.41) is 14.0. The van der Waals surface area contributed by atoms with Crippen molar-refractivity contribution in [2.75, 3.05) is 18.4 Å². The van der Waals surface area contributed by atoms with Crippen molar-refractivity contribution < 1.29 is 27.9 Å². The summed E-state index contributed by atoms with van der Waals surface area (Å²) in [6.07, 6.45) is -0.334. The van der Waals surface area contributed by atoms with Crippen LogP contribution in [-0.2, 0) is 22.4 Å². The Morgan fingerprint density at radius 3 is 2.50 bits per heavy atom. The smallest absolute Gasteiger partial charge is 0.475 e. The number of hydrogen-bond donors (Lipinski definition) is 3. The molecule has 0 bridgehead atoms. The minimum atomic E-state index is -5.08. The minimum Gasteiger partial charge on any atom is -0.475 e. The highest BCUT2D eigenvalue weighted by Crippen LogP contribution is 2.21. The molecule has 0 radical (unpaired) electrons. The van der Waals surface area contributed by atoms with E-state index in [9.17, 15) is 18.0 Å². The first kappa shape index (κ1) is 21.8. The Hall–Kier alpha value is -2.46. The first-order valence-electron chi connectivity index (χ1n) is 8.56. The standard InChI is InChI=1S/C16H19N3OS.C2HF3O2/c20-15(13-8-9-17-10-13)19-16-18-11-14(21-16)7-6-12-4-2-1-3-5-12;3-2(4,5)1(6)7/h1-5,11,13,17H,6-10H2,(H,18,19,20);(H,6,7). The van der Waals surface area contributed by atoms with Gasteiger partial charge in [0.2, 0.25) is 5.91 Å². The van der Waals surface area contributed by atoms with Gasteiger partial charge in [0.25, 0.3) is 0 Å². The molecule has 1 saturated heterocycles. The molecule has 152 valence electrons. The van der Waals surface area contributed by atoms with Crippen LogP contribution < -0.4 is 10.6 Å². The molecule has 3 N–H and O–H groups in total. The van der Waals surface area contributed by atoms with E-state index in [1.54, 1.807) is 11.3 Å². The van der Waals surface area contributed by atoms with E-state index in [4.69, 9.17) is 9.90 Å². The first-order valence-corrected chi connectivity index (χ1v) is 9.37. The van der Waals surface area contributed by atoms with Crippen molar-refractivity contribution in [2.45, 2.75) is 25.4 Å². The molecule has 1 amide bonds. The molecule has 3 rings (SSSR count). The zero-order valence-corrected chi connectivity index (χ0v) is 15.6. The van der Waals surface area contributed by atoms with Crippen LogP contribution in [0.2, 0.25) is 0 Å². The second kappa shape index (κ2) is 10.2. The summed E-state index contributed by atoms with van der Waals surface area (Å²) in [6, 6.07) is 10.4. The molecule has 1 aromatic heterocycles. The average Bonchev–Trinajstić information content (AvgIpc) is 3.33. The van der Waals surface area contributed by atoms with Gasteiger partial charge in [-0.1, -0.05) is 30.3 Å². The highest BCUT2D eigenvalue weighted by atomic mass is 32.1. The number of anilines is 1. The third-order valence-electron chi connectivity index (χ3n) is 3.96. The number of carbonyl (C=O) groups excluding carboxylic acids is 1. The maximum absolute atomic E-state index is 12.0. The minimum absolute atomic E-state index is 0.0849. The summed E-state index contributed by atoms with van der Waals surface area (Å²) in [5.41, 5.74) is 1.33. The number of rotatable bonds is 5. The van der Waals surface area contributed by atoms with Crippen molar-refractivity contribution in [1.29, 1.82) is 0 Å². The maximum Gasteiger partial charge on any atom is 0.490 e. The first-order chi connectivity index (χ1) is 13.3. The number of carbonyl (C=O) groups is 2. The molecule has 1 aliphatic heterocycles. The Morgan fingerprint density at radius 2 is 1.93 bits per heavy atom. The number of aryl methyl sites for hydroxylation is 2. The van der Waals surface area contributed by atoms with Gasteiger partial charge in [-0.3, -0.25) is 4.79 Å². The van der Waals surface area contributed by atoms with E-state index in [1.807, 2.05) is 12.3 Å². The Labute approximate surface area is 163 Å². The molecule has 2 heterocycles. The molecule has 28 heavy (non-hydrogen) atoms. The van der Waals surface area contributed by atoms with Gasteiger partial charge in [-0.2, -0.15) is 13.2 Å². The topological polar surface area (TPSA) is 91.3 Å². The molecule has 1 aliphatic rings. The number of thiazole rings is 1. The molecule has 10 heteroatoms. The second-order valence-corrected chi connectivity index (χ2v) is 7.21. The summed E-state index contributed by atoms with van der Waals surface area (Å²) < 4.78 is 31.7. The molecule has 0 spiro atoms. The van der Waals surface area contributed by atoms with Gasteiger partial charge in [0, 0.05) is 17.6 Å². The number of aliphatic carboxylic acids is 1. The summed E-state index contributed by atoms with van der Waals surface area (Å²) >= 11 is 1.58. The lowest BCUT2D eigenvalue weighted by Crippen LogP contribution is -2.24. The molecule has 1 aromatic carbocycles. The van der Waals surface area contributed by atoms with Crippen LogP contribution >= 0.6 is 11.3 Å². The van der Waals surface area contributed by atoms with Crippen LogP contribution in [0.5, 0.6) is 0 Å². The zero-order chi connectivity index (χ0) is 20.6. The highest BCUT2D eigenvalue weighted by Gasteiger charge is 2.38. The maximum atomic E-state index is 12.0. The van der Waals surface area contributed by atoms with Gasteiger partial charge in [0.05, 0.1) is 5.92 Å². The number of halogens is 3. The number of benzene rings is 1. The summed E-state index contributed by atoms with van der Waals surface area (Å²) in [4.78, 5) is 26.4. The van der Waals surface area contributed by atoms with Crippen LogP contribution in [0.3, 0.4) is 0 Å². The van der Waals surface area contributed by atoms with Gasteiger partial charge in [0.1, 0.15) is 0 Å². The summed E-state index contributed by atoms with van der Waals surface area (Å²) in [7, 11) is 0.